The number of hydrogen-bond donors (Lipinski definition) is 1. The van der Waals surface area contributed by atoms with Crippen LogP contribution >= 0.6 is 23.1 Å². The number of rotatable bonds is 3. The molecular weight excluding hydrogens is 266 g/mol. The number of hydrogen-bond acceptors (Lipinski definition) is 6. The van der Waals surface area contributed by atoms with Crippen LogP contribution < -0.4 is 10.6 Å². The van der Waals surface area contributed by atoms with Crippen LogP contribution in [0.5, 0.6) is 0 Å². The molecule has 0 bridgehead atoms. The lowest BCUT2D eigenvalue weighted by atomic mass is 10.3. The number of nitrogens with zero attached hydrogens (tertiary/aromatic N) is 2. The first-order valence-electron chi connectivity index (χ1n) is 5.95. The van der Waals surface area contributed by atoms with E-state index in [1.54, 1.807) is 18.7 Å². The first-order chi connectivity index (χ1) is 8.54. The van der Waals surface area contributed by atoms with E-state index in [9.17, 15) is 4.79 Å². The maximum absolute atomic E-state index is 11.6. The van der Waals surface area contributed by atoms with Gasteiger partial charge in [-0.25, -0.2) is 0 Å². The smallest absolute Gasteiger partial charge is 0.171 e. The Morgan fingerprint density at radius 3 is 2.44 bits per heavy atom. The predicted molar refractivity (Wildman–Crippen MR) is 80.2 cm³/mol. The minimum absolute atomic E-state index is 0.0631. The van der Waals surface area contributed by atoms with Crippen LogP contribution in [0.25, 0.3) is 0 Å². The Morgan fingerprint density at radius 1 is 1.33 bits per heavy atom. The van der Waals surface area contributed by atoms with Gasteiger partial charge in [0.2, 0.25) is 0 Å². The van der Waals surface area contributed by atoms with Crippen molar-refractivity contribution in [3.8, 4) is 0 Å². The van der Waals surface area contributed by atoms with Gasteiger partial charge in [-0.1, -0.05) is 0 Å². The Balaban J connectivity index is 2.32. The minimum Gasteiger partial charge on any atom is -0.396 e. The molecule has 0 saturated carbocycles. The molecule has 18 heavy (non-hydrogen) atoms. The molecule has 0 radical (unpaired) electrons. The summed E-state index contributed by atoms with van der Waals surface area (Å²) < 4.78 is 0. The summed E-state index contributed by atoms with van der Waals surface area (Å²) in [5.74, 6) is 0.0631. The Hall–Kier alpha value is -0.720. The van der Waals surface area contributed by atoms with Crippen LogP contribution in [-0.2, 0) is 0 Å². The van der Waals surface area contributed by atoms with Gasteiger partial charge in [-0.2, -0.15) is 0 Å². The molecule has 1 fully saturated rings. The second kappa shape index (κ2) is 5.50. The predicted octanol–water partition coefficient (Wildman–Crippen LogP) is 2.01. The standard InChI is InChI=1S/C12H19N3OS2/c1-8(16)10-9(13)11(17-3)12(18-10)15-6-4-14(2)5-7-15/h4-7,13H2,1-3H3. The third-order valence-corrected chi connectivity index (χ3v) is 5.51. The fourth-order valence-corrected chi connectivity index (χ4v) is 4.22. The maximum Gasteiger partial charge on any atom is 0.171 e. The molecular formula is C12H19N3OS2. The monoisotopic (exact) mass is 285 g/mol. The Bertz CT molecular complexity index is 450. The van der Waals surface area contributed by atoms with Crippen molar-refractivity contribution in [3.05, 3.63) is 4.88 Å². The van der Waals surface area contributed by atoms with E-state index in [2.05, 4.69) is 16.8 Å². The summed E-state index contributed by atoms with van der Waals surface area (Å²) in [6, 6.07) is 0. The third kappa shape index (κ3) is 2.50. The second-order valence-corrected chi connectivity index (χ2v) is 6.35. The number of thiophene rings is 1. The number of nitrogen functional groups attached to an aromatic ring is 1. The second-order valence-electron chi connectivity index (χ2n) is 4.53. The summed E-state index contributed by atoms with van der Waals surface area (Å²) in [6.07, 6.45) is 2.02. The third-order valence-electron chi connectivity index (χ3n) is 3.20. The molecule has 4 nitrogen and oxygen atoms in total. The number of nitrogens with two attached hydrogens (primary N) is 1. The molecule has 2 rings (SSSR count). The Kier molecular flexibility index (Phi) is 4.19. The highest BCUT2D eigenvalue weighted by atomic mass is 32.2. The van der Waals surface area contributed by atoms with Crippen molar-refractivity contribution in [2.45, 2.75) is 11.8 Å². The van der Waals surface area contributed by atoms with Gasteiger partial charge in [-0.15, -0.1) is 23.1 Å². The van der Waals surface area contributed by atoms with E-state index >= 15 is 0 Å². The number of Topliss-reactive ketones (excluding diaryl/α,β-unsaturated/α-hetero) is 1. The summed E-state index contributed by atoms with van der Waals surface area (Å²) in [7, 11) is 2.14. The number of ketones is 1. The van der Waals surface area contributed by atoms with Crippen molar-refractivity contribution in [3.63, 3.8) is 0 Å². The number of carbonyl (C=O) groups is 1. The molecule has 2 heterocycles. The van der Waals surface area contributed by atoms with Crippen molar-refractivity contribution < 1.29 is 4.79 Å². The lowest BCUT2D eigenvalue weighted by Crippen LogP contribution is -2.44. The van der Waals surface area contributed by atoms with Gasteiger partial charge >= 0.3 is 0 Å². The van der Waals surface area contributed by atoms with Crippen LogP contribution in [-0.4, -0.2) is 50.2 Å². The van der Waals surface area contributed by atoms with Crippen molar-refractivity contribution >= 4 is 39.6 Å². The van der Waals surface area contributed by atoms with E-state index < -0.39 is 0 Å². The summed E-state index contributed by atoms with van der Waals surface area (Å²) >= 11 is 3.17. The highest BCUT2D eigenvalue weighted by molar-refractivity contribution is 7.99. The van der Waals surface area contributed by atoms with Gasteiger partial charge in [0.25, 0.3) is 0 Å². The first-order valence-corrected chi connectivity index (χ1v) is 7.99. The van der Waals surface area contributed by atoms with Crippen LogP contribution in [0.3, 0.4) is 0 Å². The fraction of sp³-hybridized carbons (Fsp3) is 0.583. The summed E-state index contributed by atoms with van der Waals surface area (Å²) in [5, 5.41) is 1.17. The normalized spacial score (nSPS) is 17.2. The molecule has 0 aliphatic carbocycles. The van der Waals surface area contributed by atoms with E-state index in [-0.39, 0.29) is 5.78 Å². The molecule has 1 aliphatic rings. The van der Waals surface area contributed by atoms with Gasteiger partial charge in [0, 0.05) is 33.1 Å². The fourth-order valence-electron chi connectivity index (χ4n) is 2.09. The lowest BCUT2D eigenvalue weighted by Gasteiger charge is -2.33. The Morgan fingerprint density at radius 2 is 1.94 bits per heavy atom. The number of carbonyl (C=O) groups excluding carboxylic acids is 1. The minimum atomic E-state index is 0.0631. The van der Waals surface area contributed by atoms with Crippen LogP contribution in [0, 0.1) is 0 Å². The summed E-state index contributed by atoms with van der Waals surface area (Å²) in [5.41, 5.74) is 6.74. The summed E-state index contributed by atoms with van der Waals surface area (Å²) in [6.45, 7) is 5.70. The van der Waals surface area contributed by atoms with E-state index in [0.717, 1.165) is 31.1 Å². The largest absolute Gasteiger partial charge is 0.396 e. The lowest BCUT2D eigenvalue weighted by molar-refractivity contribution is 0.102. The molecule has 0 spiro atoms. The van der Waals surface area contributed by atoms with Gasteiger partial charge in [0.1, 0.15) is 5.00 Å². The molecule has 1 aromatic heterocycles. The molecule has 2 N–H and O–H groups in total. The van der Waals surface area contributed by atoms with E-state index in [1.165, 1.54) is 16.3 Å². The van der Waals surface area contributed by atoms with Gasteiger partial charge < -0.3 is 15.5 Å². The molecule has 0 atom stereocenters. The van der Waals surface area contributed by atoms with Crippen molar-refractivity contribution in [2.75, 3.05) is 50.1 Å². The van der Waals surface area contributed by atoms with Crippen molar-refractivity contribution in [1.82, 2.24) is 4.90 Å². The topological polar surface area (TPSA) is 49.6 Å². The van der Waals surface area contributed by atoms with Crippen LogP contribution in [0.15, 0.2) is 4.90 Å². The zero-order chi connectivity index (χ0) is 13.3. The molecule has 1 aliphatic heterocycles. The number of thioether (sulfide) groups is 1. The van der Waals surface area contributed by atoms with Gasteiger partial charge in [0.05, 0.1) is 15.5 Å². The number of anilines is 2. The maximum atomic E-state index is 11.6. The number of likely N-dealkylation sites (N-methyl/N-ethyl adjacent to an activating group) is 1. The zero-order valence-corrected chi connectivity index (χ0v) is 12.7. The van der Waals surface area contributed by atoms with Crippen LogP contribution in [0.1, 0.15) is 16.6 Å². The molecule has 100 valence electrons. The quantitative estimate of drug-likeness (QED) is 0.680. The average molecular weight is 285 g/mol. The van der Waals surface area contributed by atoms with Gasteiger partial charge in [-0.05, 0) is 13.3 Å². The molecule has 1 saturated heterocycles. The van der Waals surface area contributed by atoms with E-state index in [1.807, 2.05) is 6.26 Å². The zero-order valence-electron chi connectivity index (χ0n) is 11.0. The first kappa shape index (κ1) is 13.7. The highest BCUT2D eigenvalue weighted by Crippen LogP contribution is 2.44. The van der Waals surface area contributed by atoms with Crippen molar-refractivity contribution in [1.29, 1.82) is 0 Å². The molecule has 0 amide bonds. The van der Waals surface area contributed by atoms with Crippen LogP contribution in [0.4, 0.5) is 10.7 Å². The summed E-state index contributed by atoms with van der Waals surface area (Å²) in [4.78, 5) is 18.0. The molecule has 0 aromatic carbocycles. The Labute approximate surface area is 116 Å². The average Bonchev–Trinajstić information content (AvgIpc) is 2.67. The SMILES string of the molecule is CSc1c(N2CCN(C)CC2)sc(C(C)=O)c1N. The molecule has 6 heteroatoms. The van der Waals surface area contributed by atoms with Crippen molar-refractivity contribution in [2.24, 2.45) is 0 Å². The van der Waals surface area contributed by atoms with E-state index in [4.69, 9.17) is 5.73 Å². The van der Waals surface area contributed by atoms with E-state index in [0.29, 0.717) is 10.6 Å². The van der Waals surface area contributed by atoms with Gasteiger partial charge in [-0.3, -0.25) is 4.79 Å². The molecule has 0 unspecified atom stereocenters. The van der Waals surface area contributed by atoms with Gasteiger partial charge in [0.15, 0.2) is 5.78 Å². The van der Waals surface area contributed by atoms with Crippen LogP contribution in [0.2, 0.25) is 0 Å². The number of piperazine rings is 1. The highest BCUT2D eigenvalue weighted by Gasteiger charge is 2.24. The molecule has 1 aromatic rings.